The fourth-order valence-corrected chi connectivity index (χ4v) is 2.79. The molecule has 24 heavy (non-hydrogen) atoms. The van der Waals surface area contributed by atoms with Gasteiger partial charge < -0.3 is 19.7 Å². The summed E-state index contributed by atoms with van der Waals surface area (Å²) in [6.45, 7) is 0. The van der Waals surface area contributed by atoms with E-state index in [1.165, 1.54) is 26.4 Å². The third-order valence-corrected chi connectivity index (χ3v) is 3.90. The minimum absolute atomic E-state index is 0.0100. The van der Waals surface area contributed by atoms with Gasteiger partial charge in [-0.1, -0.05) is 12.1 Å². The van der Waals surface area contributed by atoms with Crippen molar-refractivity contribution in [2.45, 2.75) is 0 Å². The van der Waals surface area contributed by atoms with Crippen molar-refractivity contribution in [1.82, 2.24) is 0 Å². The van der Waals surface area contributed by atoms with Crippen molar-refractivity contribution >= 4 is 17.1 Å². The van der Waals surface area contributed by atoms with Crippen LogP contribution in [0.3, 0.4) is 0 Å². The SMILES string of the molecule is COc1cc(-c2cc(C=O)cc3ccc(O)c(OC)c23)ccc1O. The molecular formula is C19H16O5. The van der Waals surface area contributed by atoms with E-state index >= 15 is 0 Å². The number of aldehydes is 1. The van der Waals surface area contributed by atoms with Gasteiger partial charge in [-0.2, -0.15) is 0 Å². The third-order valence-electron chi connectivity index (χ3n) is 3.90. The van der Waals surface area contributed by atoms with Gasteiger partial charge in [0.15, 0.2) is 23.0 Å². The monoisotopic (exact) mass is 324 g/mol. The lowest BCUT2D eigenvalue weighted by atomic mass is 9.94. The average Bonchev–Trinajstić information content (AvgIpc) is 2.61. The van der Waals surface area contributed by atoms with E-state index in [0.29, 0.717) is 28.0 Å². The Balaban J connectivity index is 2.41. The fourth-order valence-electron chi connectivity index (χ4n) is 2.79. The number of fused-ring (bicyclic) bond motifs is 1. The lowest BCUT2D eigenvalue weighted by molar-refractivity contribution is 0.112. The van der Waals surface area contributed by atoms with Crippen LogP contribution < -0.4 is 9.47 Å². The minimum atomic E-state index is 0.0100. The quantitative estimate of drug-likeness (QED) is 0.715. The van der Waals surface area contributed by atoms with Crippen LogP contribution in [-0.2, 0) is 0 Å². The highest BCUT2D eigenvalue weighted by molar-refractivity contribution is 6.05. The molecule has 0 aromatic heterocycles. The Kier molecular flexibility index (Phi) is 4.00. The molecule has 3 aromatic carbocycles. The molecule has 0 aliphatic heterocycles. The van der Waals surface area contributed by atoms with Crippen molar-refractivity contribution in [2.24, 2.45) is 0 Å². The van der Waals surface area contributed by atoms with Gasteiger partial charge in [-0.15, -0.1) is 0 Å². The van der Waals surface area contributed by atoms with E-state index in [4.69, 9.17) is 9.47 Å². The molecule has 5 nitrogen and oxygen atoms in total. The van der Waals surface area contributed by atoms with Gasteiger partial charge in [0, 0.05) is 10.9 Å². The molecule has 0 heterocycles. The van der Waals surface area contributed by atoms with Gasteiger partial charge in [0.1, 0.15) is 6.29 Å². The van der Waals surface area contributed by atoms with E-state index in [2.05, 4.69) is 0 Å². The van der Waals surface area contributed by atoms with Crippen LogP contribution in [0.25, 0.3) is 21.9 Å². The number of phenols is 2. The maximum Gasteiger partial charge on any atom is 0.168 e. The molecule has 0 radical (unpaired) electrons. The molecule has 0 saturated carbocycles. The molecule has 0 aliphatic rings. The summed E-state index contributed by atoms with van der Waals surface area (Å²) in [4.78, 5) is 11.3. The topological polar surface area (TPSA) is 76.0 Å². The Hall–Kier alpha value is -3.21. The van der Waals surface area contributed by atoms with Crippen LogP contribution in [0.5, 0.6) is 23.0 Å². The normalized spacial score (nSPS) is 10.6. The van der Waals surface area contributed by atoms with Crippen molar-refractivity contribution in [3.8, 4) is 34.1 Å². The van der Waals surface area contributed by atoms with Crippen LogP contribution in [0.15, 0.2) is 42.5 Å². The molecule has 5 heteroatoms. The van der Waals surface area contributed by atoms with Crippen LogP contribution in [-0.4, -0.2) is 30.7 Å². The molecule has 3 rings (SSSR count). The summed E-state index contributed by atoms with van der Waals surface area (Å²) in [6, 6.07) is 11.6. The third kappa shape index (κ3) is 2.50. The zero-order valence-corrected chi connectivity index (χ0v) is 13.2. The van der Waals surface area contributed by atoms with Gasteiger partial charge in [-0.3, -0.25) is 4.79 Å². The number of carbonyl (C=O) groups is 1. The minimum Gasteiger partial charge on any atom is -0.504 e. The lowest BCUT2D eigenvalue weighted by Crippen LogP contribution is -1.92. The first-order valence-electron chi connectivity index (χ1n) is 7.25. The molecule has 122 valence electrons. The highest BCUT2D eigenvalue weighted by Crippen LogP contribution is 2.42. The highest BCUT2D eigenvalue weighted by Gasteiger charge is 2.15. The van der Waals surface area contributed by atoms with E-state index in [9.17, 15) is 15.0 Å². The summed E-state index contributed by atoms with van der Waals surface area (Å²) in [6.07, 6.45) is 0.764. The van der Waals surface area contributed by atoms with Gasteiger partial charge >= 0.3 is 0 Å². The molecule has 0 saturated heterocycles. The Labute approximate surface area is 138 Å². The molecule has 0 bridgehead atoms. The molecule has 0 atom stereocenters. The molecule has 0 fully saturated rings. The Morgan fingerprint density at radius 2 is 1.67 bits per heavy atom. The summed E-state index contributed by atoms with van der Waals surface area (Å²) in [7, 11) is 2.94. The number of methoxy groups -OCH3 is 2. The smallest absolute Gasteiger partial charge is 0.168 e. The molecule has 0 unspecified atom stereocenters. The Morgan fingerprint density at radius 1 is 0.917 bits per heavy atom. The van der Waals surface area contributed by atoms with Gasteiger partial charge in [-0.05, 0) is 46.8 Å². The van der Waals surface area contributed by atoms with E-state index in [0.717, 1.165) is 17.2 Å². The number of hydrogen-bond acceptors (Lipinski definition) is 5. The second-order valence-electron chi connectivity index (χ2n) is 5.29. The van der Waals surface area contributed by atoms with Crippen molar-refractivity contribution in [1.29, 1.82) is 0 Å². The Morgan fingerprint density at radius 3 is 2.33 bits per heavy atom. The maximum atomic E-state index is 11.3. The van der Waals surface area contributed by atoms with Crippen LogP contribution in [0.1, 0.15) is 10.4 Å². The predicted octanol–water partition coefficient (Wildman–Crippen LogP) is 3.75. The van der Waals surface area contributed by atoms with E-state index in [1.54, 1.807) is 30.3 Å². The van der Waals surface area contributed by atoms with Crippen molar-refractivity contribution in [2.75, 3.05) is 14.2 Å². The number of rotatable bonds is 4. The summed E-state index contributed by atoms with van der Waals surface area (Å²) in [5.74, 6) is 0.672. The Bertz CT molecular complexity index is 931. The maximum absolute atomic E-state index is 11.3. The number of benzene rings is 3. The van der Waals surface area contributed by atoms with Gasteiger partial charge in [-0.25, -0.2) is 0 Å². The van der Waals surface area contributed by atoms with Crippen LogP contribution in [0.2, 0.25) is 0 Å². The molecule has 3 aromatic rings. The average molecular weight is 324 g/mol. The molecule has 2 N–H and O–H groups in total. The van der Waals surface area contributed by atoms with Gasteiger partial charge in [0.25, 0.3) is 0 Å². The van der Waals surface area contributed by atoms with E-state index < -0.39 is 0 Å². The largest absolute Gasteiger partial charge is 0.504 e. The van der Waals surface area contributed by atoms with Crippen molar-refractivity contribution in [3.05, 3.63) is 48.0 Å². The first kappa shape index (κ1) is 15.7. The second-order valence-corrected chi connectivity index (χ2v) is 5.29. The molecule has 0 spiro atoms. The van der Waals surface area contributed by atoms with Crippen LogP contribution in [0.4, 0.5) is 0 Å². The number of hydrogen-bond donors (Lipinski definition) is 2. The zero-order valence-electron chi connectivity index (χ0n) is 13.2. The van der Waals surface area contributed by atoms with Gasteiger partial charge in [0.2, 0.25) is 0 Å². The van der Waals surface area contributed by atoms with E-state index in [-0.39, 0.29) is 11.5 Å². The van der Waals surface area contributed by atoms with Crippen molar-refractivity contribution in [3.63, 3.8) is 0 Å². The van der Waals surface area contributed by atoms with Gasteiger partial charge in [0.05, 0.1) is 14.2 Å². The summed E-state index contributed by atoms with van der Waals surface area (Å²) < 4.78 is 10.5. The van der Waals surface area contributed by atoms with Crippen molar-refractivity contribution < 1.29 is 24.5 Å². The summed E-state index contributed by atoms with van der Waals surface area (Å²) in [5.41, 5.74) is 1.92. The standard InChI is InChI=1S/C19H16O5/c1-23-17-9-12(3-5-15(17)21)14-8-11(10-20)7-13-4-6-16(22)19(24-2)18(13)14/h3-10,21-22H,1-2H3. The first-order chi connectivity index (χ1) is 11.6. The van der Waals surface area contributed by atoms with E-state index in [1.807, 2.05) is 0 Å². The summed E-state index contributed by atoms with van der Waals surface area (Å²) >= 11 is 0. The van der Waals surface area contributed by atoms with Crippen LogP contribution in [0, 0.1) is 0 Å². The zero-order chi connectivity index (χ0) is 17.3. The lowest BCUT2D eigenvalue weighted by Gasteiger charge is -2.14. The molecule has 0 aliphatic carbocycles. The molecular weight excluding hydrogens is 308 g/mol. The number of aromatic hydroxyl groups is 2. The highest BCUT2D eigenvalue weighted by atomic mass is 16.5. The fraction of sp³-hybridized carbons (Fsp3) is 0.105. The first-order valence-corrected chi connectivity index (χ1v) is 7.25. The number of phenolic OH excluding ortho intramolecular Hbond substituents is 2. The second kappa shape index (κ2) is 6.12. The number of ether oxygens (including phenoxy) is 2. The predicted molar refractivity (Wildman–Crippen MR) is 91.2 cm³/mol. The molecule has 0 amide bonds. The van der Waals surface area contributed by atoms with Crippen LogP contribution >= 0.6 is 0 Å². The number of carbonyl (C=O) groups excluding carboxylic acids is 1. The summed E-state index contributed by atoms with van der Waals surface area (Å²) in [5, 5.41) is 21.3.